The highest BCUT2D eigenvalue weighted by Crippen LogP contribution is 2.35. The molecule has 25 atom stereocenters. The second-order valence-electron chi connectivity index (χ2n) is 30.9. The number of hydrogen-bond acceptors (Lipinski definition) is 20. The van der Waals surface area contributed by atoms with Crippen LogP contribution in [-0.2, 0) is 43.0 Å². The van der Waals surface area contributed by atoms with E-state index in [2.05, 4.69) is 22.9 Å². The Bertz CT molecular complexity index is 2980. The molecule has 2 aliphatic heterocycles. The van der Waals surface area contributed by atoms with Crippen LogP contribution in [0.3, 0.4) is 0 Å². The van der Waals surface area contributed by atoms with Crippen molar-refractivity contribution in [3.05, 3.63) is 95.7 Å². The smallest absolute Gasteiger partial charge is 0.335 e. The molecule has 25 nitrogen and oxygen atoms in total. The van der Waals surface area contributed by atoms with Crippen molar-refractivity contribution >= 4 is 41.4 Å². The summed E-state index contributed by atoms with van der Waals surface area (Å²) >= 11 is 0. The van der Waals surface area contributed by atoms with Crippen molar-refractivity contribution in [1.29, 1.82) is 0 Å². The van der Waals surface area contributed by atoms with Gasteiger partial charge in [-0.2, -0.15) is 0 Å². The first kappa shape index (κ1) is 93.0. The number of aliphatic carboxylic acids is 2. The molecule has 1 fully saturated rings. The average Bonchev–Trinajstić information content (AvgIpc) is 0.824. The van der Waals surface area contributed by atoms with Gasteiger partial charge >= 0.3 is 17.9 Å². The normalized spacial score (nSPS) is 31.1. The van der Waals surface area contributed by atoms with Crippen LogP contribution < -0.4 is 16.0 Å². The number of fused-ring (bicyclic) bond motifs is 2. The molecule has 16 N–H and O–H groups in total. The largest absolute Gasteiger partial charge is 0.481 e. The average molecular weight is 1460 g/mol. The molecule has 0 aromatic carbocycles. The number of cyclic esters (lactones) is 1. The fourth-order valence-electron chi connectivity index (χ4n) is 13.0. The van der Waals surface area contributed by atoms with E-state index in [1.807, 2.05) is 24.3 Å². The summed E-state index contributed by atoms with van der Waals surface area (Å²) in [6, 6.07) is -5.20. The minimum atomic E-state index is -2.60. The third-order valence-corrected chi connectivity index (χ3v) is 20.6. The molecule has 0 aromatic heterocycles. The number of esters is 1. The Balaban J connectivity index is 2.49. The summed E-state index contributed by atoms with van der Waals surface area (Å²) in [5, 5.41) is 153. The lowest BCUT2D eigenvalue weighted by molar-refractivity contribution is -0.170. The topological polar surface area (TPSA) is 437 Å². The number of Topliss-reactive ketones (excluding diaryl/α,β-unsaturated/α-hetero) is 1. The number of aliphatic hydroxyl groups excluding tert-OH is 11. The number of ketones is 1. The van der Waals surface area contributed by atoms with Crippen LogP contribution in [0, 0.1) is 64.1 Å². The van der Waals surface area contributed by atoms with Gasteiger partial charge in [-0.3, -0.25) is 24.0 Å². The maximum Gasteiger partial charge on any atom is 0.335 e. The first-order valence-electron chi connectivity index (χ1n) is 36.4. The molecule has 0 aliphatic carbocycles. The van der Waals surface area contributed by atoms with Crippen molar-refractivity contribution in [2.75, 3.05) is 0 Å². The molecular formula is C78H127N3O22. The Morgan fingerprint density at radius 1 is 0.699 bits per heavy atom. The van der Waals surface area contributed by atoms with Crippen LogP contribution in [0.2, 0.25) is 0 Å². The number of aliphatic hydroxyl groups is 11. The number of ether oxygens (including phenoxy) is 2. The van der Waals surface area contributed by atoms with E-state index in [1.165, 1.54) is 73.6 Å². The molecule has 2 rings (SSSR count). The number of nitrogens with one attached hydrogen (secondary N) is 3. The first-order chi connectivity index (χ1) is 47.7. The second kappa shape index (κ2) is 43.5. The van der Waals surface area contributed by atoms with Crippen molar-refractivity contribution in [1.82, 2.24) is 16.0 Å². The van der Waals surface area contributed by atoms with Crippen molar-refractivity contribution in [3.8, 4) is 0 Å². The highest BCUT2D eigenvalue weighted by molar-refractivity contribution is 5.95. The monoisotopic (exact) mass is 1460 g/mol. The lowest BCUT2D eigenvalue weighted by Crippen LogP contribution is -2.59. The van der Waals surface area contributed by atoms with Crippen LogP contribution in [0.4, 0.5) is 0 Å². The lowest BCUT2D eigenvalue weighted by Gasteiger charge is -2.37. The van der Waals surface area contributed by atoms with Crippen LogP contribution in [-0.4, -0.2) is 211 Å². The summed E-state index contributed by atoms with van der Waals surface area (Å²) in [6.07, 6.45) is 6.32. The summed E-state index contributed by atoms with van der Waals surface area (Å²) < 4.78 is 12.3. The second-order valence-corrected chi connectivity index (χ2v) is 30.9. The van der Waals surface area contributed by atoms with Gasteiger partial charge in [0.25, 0.3) is 0 Å². The standard InChI is InChI=1S/C78H127N3O22/c1-41(2)64(88)62(79-60(87)34-35-77(15,16)71(94)52(13)72(95)78(17,18)76(100)101)68(92)48(9)39-46(7)66(90)44(5)31-33-57(84)51(12)73(96)81-61(53(14)82)70-50(11)56(83)32-30-43(4)65(89)45(6)38-47(8)67(91)49(10)58(85)40-55-37-42(3)36-54(102-55)28-26-24-22-20-19-21-23-25-27-29-59(86)80-63(75(99)103-70)69(93)74(97)98/h20,22-27,29-30,34-35,38-39,41-42,44-45,48-58,61-70,72,82-85,88-93,95H,19,21,28,31-33,36-37,40H2,1-18H3,(H,79,87)(H,80,86)(H,81,96)(H,97,98)(H,100,101)/b22-20+,25-23+,26-24+,29-27+,35-34+,43-30+,46-39+,47-38+/t42-,44?,45?,48?,49?,50?,51?,52?,53?,54-,55+,56?,57?,58?,61?,62?,63?,64?,65?,66?,67?,68?,69?,70?,72?/m1/s1. The third-order valence-electron chi connectivity index (χ3n) is 20.6. The highest BCUT2D eigenvalue weighted by atomic mass is 16.6. The number of rotatable bonds is 25. The number of hydrogen-bond donors (Lipinski definition) is 16. The van der Waals surface area contributed by atoms with Gasteiger partial charge in [0.05, 0.1) is 96.7 Å². The maximum atomic E-state index is 14.3. The zero-order valence-corrected chi connectivity index (χ0v) is 63.9. The summed E-state index contributed by atoms with van der Waals surface area (Å²) in [5.41, 5.74) is -1.77. The zero-order chi connectivity index (χ0) is 78.9. The number of amides is 3. The van der Waals surface area contributed by atoms with Gasteiger partial charge in [-0.25, -0.2) is 9.59 Å². The van der Waals surface area contributed by atoms with Crippen molar-refractivity contribution in [2.45, 2.75) is 286 Å². The van der Waals surface area contributed by atoms with E-state index in [4.69, 9.17) is 9.47 Å². The number of carbonyl (C=O) groups is 7. The molecule has 0 radical (unpaired) electrons. The Morgan fingerprint density at radius 3 is 1.85 bits per heavy atom. The zero-order valence-electron chi connectivity index (χ0n) is 63.9. The number of carboxylic acid groups (broad SMARTS) is 2. The van der Waals surface area contributed by atoms with Crippen LogP contribution >= 0.6 is 0 Å². The summed E-state index contributed by atoms with van der Waals surface area (Å²) in [4.78, 5) is 92.9. The maximum absolute atomic E-state index is 14.3. The molecule has 2 heterocycles. The van der Waals surface area contributed by atoms with E-state index < -0.39 is 191 Å². The van der Waals surface area contributed by atoms with Crippen molar-refractivity contribution < 1.29 is 109 Å². The van der Waals surface area contributed by atoms with E-state index in [1.54, 1.807) is 86.6 Å². The lowest BCUT2D eigenvalue weighted by atomic mass is 9.72. The van der Waals surface area contributed by atoms with Gasteiger partial charge in [-0.1, -0.05) is 136 Å². The van der Waals surface area contributed by atoms with Gasteiger partial charge in [-0.15, -0.1) is 0 Å². The SMILES string of the molecule is C/C1=C\CC(O)C(C)C(C(NC(=O)C(C)C(O)CCC(C)C(O)/C(C)=C/C(C)C(O)C(NC(=O)/C=C/C(C)(C)C(=O)C(C)C(O)C(C)(C)C(=O)O)C(O)C(C)C)C(C)O)OC(=O)C(C(O)C(=O)O)NC(=O)/C=C/C=C/CC/C=C/C=C/C[C@@H]2C[C@@H](C)C[C@@H](CC(O)C(C)C(O)/C(C)=C/C(C)C1O)O2. The molecule has 3 amide bonds. The summed E-state index contributed by atoms with van der Waals surface area (Å²) in [6.45, 7) is 28.1. The minimum Gasteiger partial charge on any atom is -0.481 e. The van der Waals surface area contributed by atoms with Crippen molar-refractivity contribution in [3.63, 3.8) is 0 Å². The van der Waals surface area contributed by atoms with Crippen LogP contribution in [0.15, 0.2) is 95.7 Å². The quantitative estimate of drug-likeness (QED) is 0.0292. The van der Waals surface area contributed by atoms with Crippen LogP contribution in [0.25, 0.3) is 0 Å². The molecule has 0 spiro atoms. The van der Waals surface area contributed by atoms with Gasteiger partial charge in [0.15, 0.2) is 12.1 Å². The Hall–Kier alpha value is -6.07. The Kier molecular flexibility index (Phi) is 39.3. The molecule has 25 heteroatoms. The fourth-order valence-corrected chi connectivity index (χ4v) is 13.0. The van der Waals surface area contributed by atoms with Crippen LogP contribution in [0.1, 0.15) is 182 Å². The molecule has 0 saturated carbocycles. The number of allylic oxidation sites excluding steroid dienone is 7. The molecule has 22 unspecified atom stereocenters. The van der Waals surface area contributed by atoms with Gasteiger partial charge in [0.1, 0.15) is 11.9 Å². The third kappa shape index (κ3) is 29.3. The van der Waals surface area contributed by atoms with Gasteiger partial charge in [-0.05, 0) is 154 Å². The number of carbonyl (C=O) groups excluding carboxylic acids is 5. The first-order valence-corrected chi connectivity index (χ1v) is 36.4. The van der Waals surface area contributed by atoms with E-state index in [9.17, 15) is 99.9 Å². The van der Waals surface area contributed by atoms with E-state index in [0.717, 1.165) is 25.0 Å². The number of carboxylic acids is 2. The molecular weight excluding hydrogens is 1330 g/mol. The summed E-state index contributed by atoms with van der Waals surface area (Å²) in [7, 11) is 0. The highest BCUT2D eigenvalue weighted by Gasteiger charge is 2.46. The van der Waals surface area contributed by atoms with Crippen molar-refractivity contribution in [2.24, 2.45) is 64.1 Å². The molecule has 1 saturated heterocycles. The van der Waals surface area contributed by atoms with E-state index in [-0.39, 0.29) is 31.5 Å². The summed E-state index contributed by atoms with van der Waals surface area (Å²) in [5.74, 6) is -14.4. The fraction of sp³-hybridized carbons (Fsp3) is 0.705. The molecule has 2 bridgehead atoms. The van der Waals surface area contributed by atoms with E-state index >= 15 is 0 Å². The molecule has 2 aliphatic rings. The Labute approximate surface area is 610 Å². The predicted molar refractivity (Wildman–Crippen MR) is 391 cm³/mol. The van der Waals surface area contributed by atoms with Crippen LogP contribution in [0.5, 0.6) is 0 Å². The van der Waals surface area contributed by atoms with Gasteiger partial charge < -0.3 is 91.8 Å². The molecule has 0 aromatic rings. The van der Waals surface area contributed by atoms with Gasteiger partial charge in [0.2, 0.25) is 17.7 Å². The Morgan fingerprint density at radius 2 is 1.28 bits per heavy atom. The predicted octanol–water partition coefficient (Wildman–Crippen LogP) is 5.79. The van der Waals surface area contributed by atoms with E-state index in [0.29, 0.717) is 48.3 Å². The van der Waals surface area contributed by atoms with Gasteiger partial charge in [0, 0.05) is 41.1 Å². The molecule has 586 valence electrons. The molecule has 103 heavy (non-hydrogen) atoms. The minimum absolute atomic E-state index is 0.0522.